The van der Waals surface area contributed by atoms with E-state index >= 15 is 0 Å². The first-order valence-electron chi connectivity index (χ1n) is 11.8. The highest BCUT2D eigenvalue weighted by Gasteiger charge is 2.35. The van der Waals surface area contributed by atoms with Gasteiger partial charge in [0.25, 0.3) is 0 Å². The average molecular weight is 530 g/mol. The van der Waals surface area contributed by atoms with Crippen LogP contribution < -0.4 is 4.90 Å². The summed E-state index contributed by atoms with van der Waals surface area (Å²) >= 11 is 6.59. The summed E-state index contributed by atoms with van der Waals surface area (Å²) in [6, 6.07) is 14.7. The third-order valence-electron chi connectivity index (χ3n) is 6.97. The standard InChI is InChI=1S/C25H31ClF3N3O2S/c1-35(33,34)21-6-4-5-20(15-21)31-13-14-32(24(17-31)22-7-2-3-8-23(22)26)16-19-9-11-30(12-10-19)18-25(27,28)29/h2-8,15,19,24H,9-14,16-18H2,1H3/t24-/m0/s1. The minimum absolute atomic E-state index is 0.00690. The first kappa shape index (κ1) is 26.3. The molecule has 2 fully saturated rings. The zero-order valence-corrected chi connectivity index (χ0v) is 21.3. The predicted octanol–water partition coefficient (Wildman–Crippen LogP) is 4.88. The smallest absolute Gasteiger partial charge is 0.368 e. The molecule has 0 unspecified atom stereocenters. The predicted molar refractivity (Wildman–Crippen MR) is 133 cm³/mol. The lowest BCUT2D eigenvalue weighted by Crippen LogP contribution is -2.51. The molecule has 0 bridgehead atoms. The van der Waals surface area contributed by atoms with Gasteiger partial charge in [-0.3, -0.25) is 9.80 Å². The number of hydrogen-bond acceptors (Lipinski definition) is 5. The molecule has 0 radical (unpaired) electrons. The summed E-state index contributed by atoms with van der Waals surface area (Å²) in [6.45, 7) is 2.99. The Kier molecular flexibility index (Phi) is 8.00. The van der Waals surface area contributed by atoms with Gasteiger partial charge in [-0.2, -0.15) is 13.2 Å². The average Bonchev–Trinajstić information content (AvgIpc) is 2.80. The molecule has 10 heteroatoms. The van der Waals surface area contributed by atoms with Crippen LogP contribution in [0.5, 0.6) is 0 Å². The van der Waals surface area contributed by atoms with E-state index in [1.165, 1.54) is 11.2 Å². The molecule has 192 valence electrons. The Morgan fingerprint density at radius 2 is 1.71 bits per heavy atom. The van der Waals surface area contributed by atoms with Crippen LogP contribution in [0.3, 0.4) is 0 Å². The van der Waals surface area contributed by atoms with Crippen molar-refractivity contribution >= 4 is 27.1 Å². The summed E-state index contributed by atoms with van der Waals surface area (Å²) in [5.74, 6) is 0.324. The lowest BCUT2D eigenvalue weighted by molar-refractivity contribution is -0.148. The first-order valence-corrected chi connectivity index (χ1v) is 14.1. The van der Waals surface area contributed by atoms with E-state index in [1.807, 2.05) is 30.3 Å². The molecule has 2 aromatic carbocycles. The van der Waals surface area contributed by atoms with E-state index in [2.05, 4.69) is 9.80 Å². The summed E-state index contributed by atoms with van der Waals surface area (Å²) < 4.78 is 62.4. The third-order valence-corrected chi connectivity index (χ3v) is 8.42. The van der Waals surface area contributed by atoms with E-state index in [9.17, 15) is 21.6 Å². The lowest BCUT2D eigenvalue weighted by Gasteiger charge is -2.45. The van der Waals surface area contributed by atoms with Gasteiger partial charge in [0.15, 0.2) is 9.84 Å². The molecule has 2 aliphatic rings. The van der Waals surface area contributed by atoms with Crippen molar-refractivity contribution < 1.29 is 21.6 Å². The molecule has 35 heavy (non-hydrogen) atoms. The maximum Gasteiger partial charge on any atom is 0.401 e. The van der Waals surface area contributed by atoms with E-state index in [4.69, 9.17) is 11.6 Å². The fourth-order valence-corrected chi connectivity index (χ4v) is 6.06. The van der Waals surface area contributed by atoms with E-state index in [1.54, 1.807) is 18.2 Å². The van der Waals surface area contributed by atoms with Crippen LogP contribution in [0.1, 0.15) is 24.4 Å². The van der Waals surface area contributed by atoms with Crippen molar-refractivity contribution in [1.82, 2.24) is 9.80 Å². The van der Waals surface area contributed by atoms with Crippen LogP contribution in [-0.4, -0.2) is 76.5 Å². The number of hydrogen-bond donors (Lipinski definition) is 0. The van der Waals surface area contributed by atoms with Gasteiger partial charge in [0.2, 0.25) is 0 Å². The number of nitrogens with zero attached hydrogens (tertiary/aromatic N) is 3. The summed E-state index contributed by atoms with van der Waals surface area (Å²) in [5, 5.41) is 0.675. The van der Waals surface area contributed by atoms with E-state index in [0.29, 0.717) is 30.6 Å². The van der Waals surface area contributed by atoms with Crippen LogP contribution >= 0.6 is 11.6 Å². The van der Waals surface area contributed by atoms with Crippen molar-refractivity contribution in [3.8, 4) is 0 Å². The summed E-state index contributed by atoms with van der Waals surface area (Å²) in [6.07, 6.45) is -1.48. The Hall–Kier alpha value is -1.81. The molecule has 0 N–H and O–H groups in total. The fraction of sp³-hybridized carbons (Fsp3) is 0.520. The molecule has 0 spiro atoms. The van der Waals surface area contributed by atoms with E-state index < -0.39 is 22.6 Å². The summed E-state index contributed by atoms with van der Waals surface area (Å²) in [4.78, 5) is 6.36. The second-order valence-corrected chi connectivity index (χ2v) is 12.0. The number of alkyl halides is 3. The molecule has 5 nitrogen and oxygen atoms in total. The van der Waals surface area contributed by atoms with Gasteiger partial charge in [-0.15, -0.1) is 0 Å². The monoisotopic (exact) mass is 529 g/mol. The maximum absolute atomic E-state index is 12.8. The highest BCUT2D eigenvalue weighted by molar-refractivity contribution is 7.90. The molecular weight excluding hydrogens is 499 g/mol. The minimum atomic E-state index is -4.16. The van der Waals surface area contributed by atoms with Crippen LogP contribution in [0.2, 0.25) is 5.02 Å². The number of piperazine rings is 1. The van der Waals surface area contributed by atoms with Crippen molar-refractivity contribution in [3.05, 3.63) is 59.1 Å². The van der Waals surface area contributed by atoms with Crippen LogP contribution in [-0.2, 0) is 9.84 Å². The Balaban J connectivity index is 1.50. The molecular formula is C25H31ClF3N3O2S. The minimum Gasteiger partial charge on any atom is -0.368 e. The molecule has 0 aliphatic carbocycles. The van der Waals surface area contributed by atoms with E-state index in [0.717, 1.165) is 43.7 Å². The number of halogens is 4. The SMILES string of the molecule is CS(=O)(=O)c1cccc(N2CCN(CC3CCN(CC(F)(F)F)CC3)[C@H](c3ccccc3Cl)C2)c1. The van der Waals surface area contributed by atoms with Crippen LogP contribution in [0.15, 0.2) is 53.4 Å². The van der Waals surface area contributed by atoms with Crippen molar-refractivity contribution in [2.75, 3.05) is 57.0 Å². The maximum atomic E-state index is 12.8. The largest absolute Gasteiger partial charge is 0.401 e. The van der Waals surface area contributed by atoms with Gasteiger partial charge in [0, 0.05) is 43.1 Å². The van der Waals surface area contributed by atoms with Crippen LogP contribution in [0.4, 0.5) is 18.9 Å². The van der Waals surface area contributed by atoms with Crippen molar-refractivity contribution in [2.45, 2.75) is 30.0 Å². The van der Waals surface area contributed by atoms with Crippen LogP contribution in [0, 0.1) is 5.92 Å². The van der Waals surface area contributed by atoms with Crippen molar-refractivity contribution in [1.29, 1.82) is 0 Å². The summed E-state index contributed by atoms with van der Waals surface area (Å²) in [5.41, 5.74) is 1.86. The topological polar surface area (TPSA) is 43.9 Å². The van der Waals surface area contributed by atoms with Gasteiger partial charge in [-0.1, -0.05) is 35.9 Å². The van der Waals surface area contributed by atoms with Gasteiger partial charge in [-0.05, 0) is 61.7 Å². The molecule has 1 atom stereocenters. The first-order chi connectivity index (χ1) is 16.5. The molecule has 0 saturated carbocycles. The van der Waals surface area contributed by atoms with Gasteiger partial charge in [0.1, 0.15) is 0 Å². The van der Waals surface area contributed by atoms with Gasteiger partial charge in [-0.25, -0.2) is 8.42 Å². The number of anilines is 1. The number of benzene rings is 2. The number of sulfone groups is 1. The highest BCUT2D eigenvalue weighted by Crippen LogP contribution is 2.35. The Morgan fingerprint density at radius 1 is 1.00 bits per heavy atom. The molecule has 4 rings (SSSR count). The zero-order valence-electron chi connectivity index (χ0n) is 19.7. The number of likely N-dealkylation sites (tertiary alicyclic amines) is 1. The highest BCUT2D eigenvalue weighted by atomic mass is 35.5. The zero-order chi connectivity index (χ0) is 25.2. The quantitative estimate of drug-likeness (QED) is 0.533. The second-order valence-electron chi connectivity index (χ2n) is 9.58. The Bertz CT molecular complexity index is 1120. The molecule has 2 aromatic rings. The van der Waals surface area contributed by atoms with Crippen LogP contribution in [0.25, 0.3) is 0 Å². The van der Waals surface area contributed by atoms with Crippen molar-refractivity contribution in [2.24, 2.45) is 5.92 Å². The second kappa shape index (κ2) is 10.7. The normalized spacial score (nSPS) is 21.4. The van der Waals surface area contributed by atoms with Crippen molar-refractivity contribution in [3.63, 3.8) is 0 Å². The van der Waals surface area contributed by atoms with Gasteiger partial charge < -0.3 is 4.90 Å². The number of rotatable bonds is 6. The molecule has 0 aromatic heterocycles. The fourth-order valence-electron chi connectivity index (χ4n) is 5.14. The lowest BCUT2D eigenvalue weighted by atomic mass is 9.93. The van der Waals surface area contributed by atoms with Gasteiger partial charge in [0.05, 0.1) is 17.5 Å². The molecule has 0 amide bonds. The molecule has 2 heterocycles. The third kappa shape index (κ3) is 6.90. The van der Waals surface area contributed by atoms with Gasteiger partial charge >= 0.3 is 6.18 Å². The number of piperidine rings is 1. The molecule has 2 aliphatic heterocycles. The molecule has 2 saturated heterocycles. The summed E-state index contributed by atoms with van der Waals surface area (Å²) in [7, 11) is -3.31. The Labute approximate surface area is 210 Å². The van der Waals surface area contributed by atoms with E-state index in [-0.39, 0.29) is 10.9 Å². The Morgan fingerprint density at radius 3 is 2.37 bits per heavy atom.